The number of carbonyl (C=O) groups excluding carboxylic acids is 1. The Hall–Kier alpha value is -2.44. The average molecular weight is 301 g/mol. The molecule has 1 aliphatic rings. The molecule has 1 aliphatic heterocycles. The summed E-state index contributed by atoms with van der Waals surface area (Å²) < 4.78 is 4.93. The Labute approximate surface area is 128 Å². The summed E-state index contributed by atoms with van der Waals surface area (Å²) in [5.41, 5.74) is 0.329. The van der Waals surface area contributed by atoms with Gasteiger partial charge in [-0.05, 0) is 19.8 Å². The second-order valence-electron chi connectivity index (χ2n) is 5.44. The smallest absolute Gasteiger partial charge is 0.275 e. The van der Waals surface area contributed by atoms with Gasteiger partial charge in [0.2, 0.25) is 0 Å². The Balaban J connectivity index is 1.73. The zero-order valence-electron chi connectivity index (χ0n) is 12.6. The number of aromatic nitrogens is 3. The summed E-state index contributed by atoms with van der Waals surface area (Å²) in [6, 6.07) is 3.39. The minimum absolute atomic E-state index is 0.313. The zero-order chi connectivity index (χ0) is 15.4. The van der Waals surface area contributed by atoms with E-state index in [1.165, 1.54) is 19.2 Å². The van der Waals surface area contributed by atoms with Crippen molar-refractivity contribution in [1.29, 1.82) is 0 Å². The van der Waals surface area contributed by atoms with Crippen molar-refractivity contribution in [1.82, 2.24) is 15.1 Å². The number of amides is 1. The Kier molecular flexibility index (Phi) is 4.32. The van der Waals surface area contributed by atoms with E-state index in [0.29, 0.717) is 17.3 Å². The van der Waals surface area contributed by atoms with Gasteiger partial charge in [0.15, 0.2) is 5.82 Å². The predicted molar refractivity (Wildman–Crippen MR) is 81.9 cm³/mol. The fourth-order valence-electron chi connectivity index (χ4n) is 2.55. The second-order valence-corrected chi connectivity index (χ2v) is 5.44. The highest BCUT2D eigenvalue weighted by Gasteiger charge is 2.15. The molecular formula is C15H19N5O2. The standard InChI is InChI=1S/C15H19N5O2/c1-11-8-13(19-22-11)18-15(21)12-9-14(17-10-16-12)20-6-4-2-3-5-7-20/h8-10H,2-7H2,1H3,(H,18,19,21). The van der Waals surface area contributed by atoms with E-state index >= 15 is 0 Å². The monoisotopic (exact) mass is 301 g/mol. The third-order valence-corrected chi connectivity index (χ3v) is 3.68. The molecular weight excluding hydrogens is 282 g/mol. The van der Waals surface area contributed by atoms with Crippen molar-refractivity contribution in [2.45, 2.75) is 32.6 Å². The average Bonchev–Trinajstić information content (AvgIpc) is 2.78. The molecule has 0 atom stereocenters. The Morgan fingerprint density at radius 3 is 2.64 bits per heavy atom. The minimum atomic E-state index is -0.313. The topological polar surface area (TPSA) is 84.2 Å². The van der Waals surface area contributed by atoms with Gasteiger partial charge in [-0.1, -0.05) is 18.0 Å². The second kappa shape index (κ2) is 6.55. The molecule has 2 aromatic rings. The van der Waals surface area contributed by atoms with E-state index in [9.17, 15) is 4.79 Å². The van der Waals surface area contributed by atoms with Crippen LogP contribution in [0, 0.1) is 6.92 Å². The minimum Gasteiger partial charge on any atom is -0.360 e. The van der Waals surface area contributed by atoms with E-state index in [2.05, 4.69) is 25.3 Å². The fraction of sp³-hybridized carbons (Fsp3) is 0.467. The molecule has 3 heterocycles. The van der Waals surface area contributed by atoms with Crippen LogP contribution in [0.5, 0.6) is 0 Å². The molecule has 0 saturated carbocycles. The van der Waals surface area contributed by atoms with Crippen LogP contribution in [-0.4, -0.2) is 34.1 Å². The van der Waals surface area contributed by atoms with Gasteiger partial charge in [0.05, 0.1) is 0 Å². The molecule has 116 valence electrons. The number of rotatable bonds is 3. The van der Waals surface area contributed by atoms with Crippen LogP contribution >= 0.6 is 0 Å². The maximum Gasteiger partial charge on any atom is 0.275 e. The highest BCUT2D eigenvalue weighted by molar-refractivity contribution is 6.02. The van der Waals surface area contributed by atoms with Gasteiger partial charge in [-0.25, -0.2) is 9.97 Å². The van der Waals surface area contributed by atoms with Crippen LogP contribution in [0.1, 0.15) is 41.9 Å². The van der Waals surface area contributed by atoms with Crippen LogP contribution < -0.4 is 10.2 Å². The maximum absolute atomic E-state index is 12.2. The molecule has 0 bridgehead atoms. The van der Waals surface area contributed by atoms with Gasteiger partial charge in [0.1, 0.15) is 23.6 Å². The van der Waals surface area contributed by atoms with Crippen LogP contribution in [0.4, 0.5) is 11.6 Å². The molecule has 1 N–H and O–H groups in total. The third kappa shape index (κ3) is 3.41. The SMILES string of the molecule is Cc1cc(NC(=O)c2cc(N3CCCCCC3)ncn2)no1. The van der Waals surface area contributed by atoms with Gasteiger partial charge in [0, 0.05) is 25.2 Å². The predicted octanol–water partition coefficient (Wildman–Crippen LogP) is 2.41. The van der Waals surface area contributed by atoms with Gasteiger partial charge in [0.25, 0.3) is 5.91 Å². The lowest BCUT2D eigenvalue weighted by atomic mass is 10.2. The molecule has 1 amide bonds. The number of nitrogens with zero attached hydrogens (tertiary/aromatic N) is 4. The Morgan fingerprint density at radius 2 is 1.95 bits per heavy atom. The van der Waals surface area contributed by atoms with Gasteiger partial charge in [-0.15, -0.1) is 0 Å². The summed E-state index contributed by atoms with van der Waals surface area (Å²) >= 11 is 0. The molecule has 7 heteroatoms. The molecule has 0 aliphatic carbocycles. The van der Waals surface area contributed by atoms with Crippen molar-refractivity contribution >= 4 is 17.5 Å². The number of anilines is 2. The summed E-state index contributed by atoms with van der Waals surface area (Å²) in [6.45, 7) is 3.71. The normalized spacial score (nSPS) is 15.4. The van der Waals surface area contributed by atoms with Gasteiger partial charge in [-0.2, -0.15) is 0 Å². The van der Waals surface area contributed by atoms with Crippen LogP contribution in [0.25, 0.3) is 0 Å². The number of hydrogen-bond acceptors (Lipinski definition) is 6. The largest absolute Gasteiger partial charge is 0.360 e. The fourth-order valence-corrected chi connectivity index (χ4v) is 2.55. The molecule has 22 heavy (non-hydrogen) atoms. The third-order valence-electron chi connectivity index (χ3n) is 3.68. The summed E-state index contributed by atoms with van der Waals surface area (Å²) in [6.07, 6.45) is 6.25. The van der Waals surface area contributed by atoms with E-state index in [4.69, 9.17) is 4.52 Å². The first-order valence-corrected chi connectivity index (χ1v) is 7.54. The highest BCUT2D eigenvalue weighted by Crippen LogP contribution is 2.18. The number of aryl methyl sites for hydroxylation is 1. The van der Waals surface area contributed by atoms with Gasteiger partial charge in [-0.3, -0.25) is 4.79 Å². The van der Waals surface area contributed by atoms with Crippen molar-refractivity contribution in [2.24, 2.45) is 0 Å². The molecule has 1 fully saturated rings. The Morgan fingerprint density at radius 1 is 1.18 bits per heavy atom. The van der Waals surface area contributed by atoms with E-state index in [0.717, 1.165) is 31.7 Å². The van der Waals surface area contributed by atoms with Crippen molar-refractivity contribution < 1.29 is 9.32 Å². The van der Waals surface area contributed by atoms with Crippen molar-refractivity contribution in [3.63, 3.8) is 0 Å². The highest BCUT2D eigenvalue weighted by atomic mass is 16.5. The van der Waals surface area contributed by atoms with Crippen LogP contribution in [0.15, 0.2) is 23.0 Å². The van der Waals surface area contributed by atoms with Crippen LogP contribution in [0.2, 0.25) is 0 Å². The summed E-state index contributed by atoms with van der Waals surface area (Å²) in [7, 11) is 0. The molecule has 0 unspecified atom stereocenters. The zero-order valence-corrected chi connectivity index (χ0v) is 12.6. The van der Waals surface area contributed by atoms with Crippen molar-refractivity contribution in [3.05, 3.63) is 29.9 Å². The first kappa shape index (κ1) is 14.5. The molecule has 0 spiro atoms. The molecule has 0 aromatic carbocycles. The summed E-state index contributed by atoms with van der Waals surface area (Å²) in [4.78, 5) is 22.8. The molecule has 7 nitrogen and oxygen atoms in total. The van der Waals surface area contributed by atoms with Crippen LogP contribution in [0.3, 0.4) is 0 Å². The summed E-state index contributed by atoms with van der Waals surface area (Å²) in [5.74, 6) is 1.52. The van der Waals surface area contributed by atoms with Crippen molar-refractivity contribution in [3.8, 4) is 0 Å². The lowest BCUT2D eigenvalue weighted by Crippen LogP contribution is -2.25. The number of hydrogen-bond donors (Lipinski definition) is 1. The van der Waals surface area contributed by atoms with E-state index in [-0.39, 0.29) is 5.91 Å². The van der Waals surface area contributed by atoms with E-state index in [1.54, 1.807) is 19.1 Å². The van der Waals surface area contributed by atoms with Crippen LogP contribution in [-0.2, 0) is 0 Å². The maximum atomic E-state index is 12.2. The first-order valence-electron chi connectivity index (χ1n) is 7.54. The molecule has 1 saturated heterocycles. The number of carbonyl (C=O) groups is 1. The lowest BCUT2D eigenvalue weighted by molar-refractivity contribution is 0.102. The molecule has 2 aromatic heterocycles. The van der Waals surface area contributed by atoms with Crippen molar-refractivity contribution in [2.75, 3.05) is 23.3 Å². The number of nitrogens with one attached hydrogen (secondary N) is 1. The first-order chi connectivity index (χ1) is 10.7. The van der Waals surface area contributed by atoms with Gasteiger partial charge >= 0.3 is 0 Å². The van der Waals surface area contributed by atoms with E-state index < -0.39 is 0 Å². The van der Waals surface area contributed by atoms with E-state index in [1.807, 2.05) is 0 Å². The van der Waals surface area contributed by atoms with Gasteiger partial charge < -0.3 is 14.7 Å². The Bertz CT molecular complexity index is 647. The molecule has 0 radical (unpaired) electrons. The quantitative estimate of drug-likeness (QED) is 0.937. The summed E-state index contributed by atoms with van der Waals surface area (Å²) in [5, 5.41) is 6.41. The molecule has 3 rings (SSSR count). The lowest BCUT2D eigenvalue weighted by Gasteiger charge is -2.21.